The summed E-state index contributed by atoms with van der Waals surface area (Å²) in [6.07, 6.45) is -0.188. The summed E-state index contributed by atoms with van der Waals surface area (Å²) in [5.74, 6) is -2.08. The zero-order valence-electron chi connectivity index (χ0n) is 11.9. The number of nitrogens with two attached hydrogens (primary N) is 1. The van der Waals surface area contributed by atoms with Crippen LogP contribution in [0.4, 0.5) is 0 Å². The molecule has 0 aromatic heterocycles. The fraction of sp³-hybridized carbons (Fsp3) is 0.357. The van der Waals surface area contributed by atoms with E-state index in [0.29, 0.717) is 5.75 Å². The highest BCUT2D eigenvalue weighted by Gasteiger charge is 2.22. The Labute approximate surface area is 122 Å². The van der Waals surface area contributed by atoms with Gasteiger partial charge in [-0.15, -0.1) is 0 Å². The van der Waals surface area contributed by atoms with Crippen molar-refractivity contribution < 1.29 is 24.2 Å². The summed E-state index contributed by atoms with van der Waals surface area (Å²) in [5.41, 5.74) is 6.06. The van der Waals surface area contributed by atoms with Crippen LogP contribution in [0.1, 0.15) is 28.8 Å². The molecule has 0 saturated heterocycles. The van der Waals surface area contributed by atoms with Gasteiger partial charge in [-0.05, 0) is 25.5 Å². The lowest BCUT2D eigenvalue weighted by Gasteiger charge is -2.15. The summed E-state index contributed by atoms with van der Waals surface area (Å²) in [5, 5.41) is 11.4. The number of carbonyl (C=O) groups excluding carboxylic acids is 2. The van der Waals surface area contributed by atoms with E-state index >= 15 is 0 Å². The lowest BCUT2D eigenvalue weighted by molar-refractivity contribution is -0.139. The number of amides is 2. The average Bonchev–Trinajstić information content (AvgIpc) is 2.42. The van der Waals surface area contributed by atoms with Crippen LogP contribution < -0.4 is 15.8 Å². The van der Waals surface area contributed by atoms with Gasteiger partial charge < -0.3 is 20.9 Å². The topological polar surface area (TPSA) is 119 Å². The quantitative estimate of drug-likeness (QED) is 0.674. The van der Waals surface area contributed by atoms with Crippen LogP contribution >= 0.6 is 0 Å². The lowest BCUT2D eigenvalue weighted by atomic mass is 10.1. The molecule has 1 aromatic carbocycles. The lowest BCUT2D eigenvalue weighted by Crippen LogP contribution is -2.41. The Bertz CT molecular complexity index is 556. The molecule has 0 spiro atoms. The van der Waals surface area contributed by atoms with Gasteiger partial charge in [-0.3, -0.25) is 9.59 Å². The number of hydrogen-bond acceptors (Lipinski definition) is 4. The number of benzene rings is 1. The molecule has 0 aliphatic carbocycles. The largest absolute Gasteiger partial charge is 0.496 e. The first-order chi connectivity index (χ1) is 9.85. The second-order valence-electron chi connectivity index (χ2n) is 4.57. The molecule has 0 unspecified atom stereocenters. The summed E-state index contributed by atoms with van der Waals surface area (Å²) < 4.78 is 5.08. The molecule has 0 fully saturated rings. The molecule has 0 radical (unpaired) electrons. The maximum atomic E-state index is 12.2. The van der Waals surface area contributed by atoms with E-state index in [2.05, 4.69) is 5.32 Å². The van der Waals surface area contributed by atoms with E-state index in [1.807, 2.05) is 0 Å². The van der Waals surface area contributed by atoms with Gasteiger partial charge in [0, 0.05) is 6.42 Å². The fourth-order valence-corrected chi connectivity index (χ4v) is 1.78. The number of hydrogen-bond donors (Lipinski definition) is 3. The molecule has 4 N–H and O–H groups in total. The van der Waals surface area contributed by atoms with E-state index in [0.717, 1.165) is 5.56 Å². The number of carboxylic acid groups (broad SMARTS) is 1. The van der Waals surface area contributed by atoms with Crippen LogP contribution in [-0.2, 0) is 9.59 Å². The third kappa shape index (κ3) is 4.79. The smallest absolute Gasteiger partial charge is 0.326 e. The van der Waals surface area contributed by atoms with Gasteiger partial charge in [0.25, 0.3) is 5.91 Å². The van der Waals surface area contributed by atoms with Gasteiger partial charge >= 0.3 is 5.97 Å². The molecule has 2 amide bonds. The number of nitrogens with one attached hydrogen (secondary N) is 1. The minimum absolute atomic E-state index is 0.0649. The molecule has 1 rings (SSSR count). The van der Waals surface area contributed by atoms with Gasteiger partial charge in [0.1, 0.15) is 11.8 Å². The van der Waals surface area contributed by atoms with E-state index < -0.39 is 23.8 Å². The Morgan fingerprint density at radius 1 is 1.38 bits per heavy atom. The van der Waals surface area contributed by atoms with Crippen LogP contribution in [0.3, 0.4) is 0 Å². The molecule has 114 valence electrons. The van der Waals surface area contributed by atoms with Crippen molar-refractivity contribution in [1.29, 1.82) is 0 Å². The van der Waals surface area contributed by atoms with Gasteiger partial charge in [-0.25, -0.2) is 4.79 Å². The predicted octanol–water partition coefficient (Wildman–Crippen LogP) is 0.452. The van der Waals surface area contributed by atoms with Crippen LogP contribution in [0.2, 0.25) is 0 Å². The number of primary amides is 1. The second-order valence-corrected chi connectivity index (χ2v) is 4.57. The predicted molar refractivity (Wildman–Crippen MR) is 75.0 cm³/mol. The molecule has 7 heteroatoms. The number of rotatable bonds is 7. The van der Waals surface area contributed by atoms with E-state index in [9.17, 15) is 14.4 Å². The molecule has 0 saturated carbocycles. The maximum absolute atomic E-state index is 12.2. The minimum atomic E-state index is -1.23. The minimum Gasteiger partial charge on any atom is -0.496 e. The van der Waals surface area contributed by atoms with Crippen molar-refractivity contribution in [3.8, 4) is 5.75 Å². The Morgan fingerprint density at radius 3 is 2.57 bits per heavy atom. The molecule has 0 aliphatic rings. The summed E-state index contributed by atoms with van der Waals surface area (Å²) >= 11 is 0. The zero-order valence-corrected chi connectivity index (χ0v) is 11.9. The van der Waals surface area contributed by atoms with Crippen LogP contribution in [0.25, 0.3) is 0 Å². The summed E-state index contributed by atoms with van der Waals surface area (Å²) in [6.45, 7) is 1.80. The summed E-state index contributed by atoms with van der Waals surface area (Å²) in [4.78, 5) is 34.0. The van der Waals surface area contributed by atoms with Gasteiger partial charge in [0.2, 0.25) is 5.91 Å². The Balaban J connectivity index is 2.89. The average molecular weight is 294 g/mol. The van der Waals surface area contributed by atoms with Crippen LogP contribution in [-0.4, -0.2) is 36.0 Å². The molecular weight excluding hydrogens is 276 g/mol. The normalized spacial score (nSPS) is 11.5. The Hall–Kier alpha value is -2.57. The second kappa shape index (κ2) is 7.28. The van der Waals surface area contributed by atoms with Gasteiger partial charge in [-0.1, -0.05) is 11.6 Å². The van der Waals surface area contributed by atoms with Gasteiger partial charge in [0.15, 0.2) is 0 Å². The first-order valence-electron chi connectivity index (χ1n) is 6.31. The van der Waals surface area contributed by atoms with E-state index in [1.165, 1.54) is 7.11 Å². The molecular formula is C14H18N2O5. The highest BCUT2D eigenvalue weighted by molar-refractivity contribution is 5.99. The number of carboxylic acids is 1. The number of methoxy groups -OCH3 is 1. The highest BCUT2D eigenvalue weighted by Crippen LogP contribution is 2.19. The molecule has 0 aliphatic heterocycles. The van der Waals surface area contributed by atoms with Crippen molar-refractivity contribution in [2.75, 3.05) is 7.11 Å². The third-order valence-electron chi connectivity index (χ3n) is 2.88. The number of aryl methyl sites for hydroxylation is 1. The van der Waals surface area contributed by atoms with Crippen LogP contribution in [0.5, 0.6) is 5.75 Å². The molecule has 7 nitrogen and oxygen atoms in total. The third-order valence-corrected chi connectivity index (χ3v) is 2.88. The van der Waals surface area contributed by atoms with Crippen LogP contribution in [0.15, 0.2) is 18.2 Å². The standard InChI is InChI=1S/C14H18N2O5/c1-8-3-5-11(21-2)9(7-8)13(18)16-10(14(19)20)4-6-12(15)17/h3,5,7,10H,4,6H2,1-2H3,(H2,15,17)(H,16,18)(H,19,20)/t10-/m1/s1. The maximum Gasteiger partial charge on any atom is 0.326 e. The van der Waals surface area contributed by atoms with Crippen molar-refractivity contribution in [2.45, 2.75) is 25.8 Å². The monoisotopic (exact) mass is 294 g/mol. The Kier molecular flexibility index (Phi) is 5.71. The first-order valence-corrected chi connectivity index (χ1v) is 6.31. The first kappa shape index (κ1) is 16.5. The SMILES string of the molecule is COc1ccc(C)cc1C(=O)N[C@H](CCC(N)=O)C(=O)O. The number of ether oxygens (including phenoxy) is 1. The Morgan fingerprint density at radius 2 is 2.05 bits per heavy atom. The van der Waals surface area contributed by atoms with Crippen molar-refractivity contribution in [2.24, 2.45) is 5.73 Å². The van der Waals surface area contributed by atoms with E-state index in [4.69, 9.17) is 15.6 Å². The molecule has 1 atom stereocenters. The molecule has 0 heterocycles. The highest BCUT2D eigenvalue weighted by atomic mass is 16.5. The molecule has 21 heavy (non-hydrogen) atoms. The van der Waals surface area contributed by atoms with Crippen LogP contribution in [0, 0.1) is 6.92 Å². The van der Waals surface area contributed by atoms with Crippen molar-refractivity contribution in [1.82, 2.24) is 5.32 Å². The van der Waals surface area contributed by atoms with Crippen molar-refractivity contribution in [3.05, 3.63) is 29.3 Å². The fourth-order valence-electron chi connectivity index (χ4n) is 1.78. The number of aliphatic carboxylic acids is 1. The van der Waals surface area contributed by atoms with Crippen molar-refractivity contribution in [3.63, 3.8) is 0 Å². The zero-order chi connectivity index (χ0) is 16.0. The van der Waals surface area contributed by atoms with Gasteiger partial charge in [-0.2, -0.15) is 0 Å². The summed E-state index contributed by atoms with van der Waals surface area (Å²) in [6, 6.07) is 3.82. The molecule has 0 bridgehead atoms. The van der Waals surface area contributed by atoms with Crippen molar-refractivity contribution >= 4 is 17.8 Å². The molecule has 1 aromatic rings. The number of carbonyl (C=O) groups is 3. The van der Waals surface area contributed by atoms with E-state index in [-0.39, 0.29) is 18.4 Å². The van der Waals surface area contributed by atoms with Gasteiger partial charge in [0.05, 0.1) is 12.7 Å². The summed E-state index contributed by atoms with van der Waals surface area (Å²) in [7, 11) is 1.42. The van der Waals surface area contributed by atoms with E-state index in [1.54, 1.807) is 25.1 Å².